The van der Waals surface area contributed by atoms with E-state index in [0.29, 0.717) is 25.5 Å². The molecule has 6 rings (SSSR count). The molecule has 4 aromatic rings. The molecule has 0 bridgehead atoms. The van der Waals surface area contributed by atoms with E-state index in [2.05, 4.69) is 101 Å². The molecule has 2 aliphatic rings. The van der Waals surface area contributed by atoms with Crippen LogP contribution in [0.5, 0.6) is 5.75 Å². The second-order valence-corrected chi connectivity index (χ2v) is 31.1. The van der Waals surface area contributed by atoms with E-state index in [0.717, 1.165) is 68.6 Å². The molecule has 9 nitrogen and oxygen atoms in total. The fraction of sp³-hybridized carbons (Fsp3) is 0.628. The van der Waals surface area contributed by atoms with Crippen molar-refractivity contribution in [2.75, 3.05) is 46.0 Å². The number of ether oxygens (including phenoxy) is 3. The second-order valence-electron chi connectivity index (χ2n) is 18.8. The summed E-state index contributed by atoms with van der Waals surface area (Å²) in [7, 11) is -2.30. The van der Waals surface area contributed by atoms with Gasteiger partial charge in [0.05, 0.1) is 6.61 Å². The minimum absolute atomic E-state index is 0.174. The first-order chi connectivity index (χ1) is 26.3. The number of likely N-dealkylation sites (tertiary alicyclic amines) is 2. The topological polar surface area (TPSA) is 69.8 Å². The number of nitrogens with zero attached hydrogens (tertiary/aromatic N) is 6. The molecule has 3 aromatic heterocycles. The number of aromatic nitrogens is 4. The van der Waals surface area contributed by atoms with Gasteiger partial charge in [0.15, 0.2) is 0 Å². The van der Waals surface area contributed by atoms with Gasteiger partial charge in [0.1, 0.15) is 30.9 Å². The van der Waals surface area contributed by atoms with Crippen molar-refractivity contribution >= 4 is 27.5 Å². The fourth-order valence-electron chi connectivity index (χ4n) is 7.77. The first kappa shape index (κ1) is 42.0. The van der Waals surface area contributed by atoms with Gasteiger partial charge < -0.3 is 23.3 Å². The third kappa shape index (κ3) is 13.2. The highest BCUT2D eigenvalue weighted by Crippen LogP contribution is 2.41. The lowest BCUT2D eigenvalue weighted by atomic mass is 9.78. The molecule has 55 heavy (non-hydrogen) atoms. The third-order valence-electron chi connectivity index (χ3n) is 11.6. The molecule has 0 unspecified atom stereocenters. The van der Waals surface area contributed by atoms with Crippen LogP contribution in [0.15, 0.2) is 60.5 Å². The van der Waals surface area contributed by atoms with Crippen LogP contribution in [0.1, 0.15) is 46.9 Å². The normalized spacial score (nSPS) is 16.9. The van der Waals surface area contributed by atoms with E-state index in [1.54, 1.807) is 0 Å². The average molecular weight is 805 g/mol. The van der Waals surface area contributed by atoms with Crippen molar-refractivity contribution in [3.8, 4) is 5.75 Å². The van der Waals surface area contributed by atoms with Crippen LogP contribution in [-0.4, -0.2) is 91.0 Å². The summed E-state index contributed by atoms with van der Waals surface area (Å²) in [5, 5.41) is 2.23. The molecule has 0 N–H and O–H groups in total. The Morgan fingerprint density at radius 1 is 0.745 bits per heavy atom. The molecule has 2 aliphatic heterocycles. The predicted molar refractivity (Wildman–Crippen MR) is 231 cm³/mol. The van der Waals surface area contributed by atoms with Gasteiger partial charge in [-0.05, 0) is 98.0 Å². The highest BCUT2D eigenvalue weighted by molar-refractivity contribution is 7.10. The monoisotopic (exact) mass is 804 g/mol. The molecule has 0 saturated carbocycles. The van der Waals surface area contributed by atoms with Crippen molar-refractivity contribution in [2.45, 2.75) is 117 Å². The molecule has 1 spiro atoms. The Kier molecular flexibility index (Phi) is 14.7. The van der Waals surface area contributed by atoms with Crippen LogP contribution in [-0.2, 0) is 48.9 Å². The Morgan fingerprint density at radius 3 is 1.84 bits per heavy atom. The van der Waals surface area contributed by atoms with Gasteiger partial charge in [-0.3, -0.25) is 9.80 Å². The molecule has 2 fully saturated rings. The van der Waals surface area contributed by atoms with Crippen LogP contribution in [0.25, 0.3) is 0 Å². The van der Waals surface area contributed by atoms with Gasteiger partial charge in [0.2, 0.25) is 0 Å². The molecule has 0 aliphatic carbocycles. The number of aryl methyl sites for hydroxylation is 1. The van der Waals surface area contributed by atoms with E-state index in [4.69, 9.17) is 24.2 Å². The molecule has 12 heteroatoms. The summed E-state index contributed by atoms with van der Waals surface area (Å²) in [6.45, 7) is 26.8. The van der Waals surface area contributed by atoms with Gasteiger partial charge in [-0.2, -0.15) is 0 Å². The maximum absolute atomic E-state index is 6.54. The summed E-state index contributed by atoms with van der Waals surface area (Å²) in [6.07, 6.45) is 13.4. The zero-order valence-corrected chi connectivity index (χ0v) is 37.7. The largest absolute Gasteiger partial charge is 0.493 e. The van der Waals surface area contributed by atoms with E-state index >= 15 is 0 Å². The predicted octanol–water partition coefficient (Wildman–Crippen LogP) is 9.04. The lowest BCUT2D eigenvalue weighted by Crippen LogP contribution is -2.41. The number of hydrogen-bond donors (Lipinski definition) is 0. The summed E-state index contributed by atoms with van der Waals surface area (Å²) < 4.78 is 23.1. The van der Waals surface area contributed by atoms with E-state index < -0.39 is 16.1 Å². The fourth-order valence-corrected chi connectivity index (χ4v) is 10.2. The van der Waals surface area contributed by atoms with Gasteiger partial charge in [0, 0.05) is 97.4 Å². The number of thiophene rings is 1. The van der Waals surface area contributed by atoms with E-state index in [-0.39, 0.29) is 5.92 Å². The Balaban J connectivity index is 1.02. The highest BCUT2D eigenvalue weighted by atomic mass is 32.1. The van der Waals surface area contributed by atoms with Crippen LogP contribution < -0.4 is 4.74 Å². The highest BCUT2D eigenvalue weighted by Gasteiger charge is 2.40. The van der Waals surface area contributed by atoms with Crippen molar-refractivity contribution in [2.24, 2.45) is 11.3 Å². The quantitative estimate of drug-likeness (QED) is 0.0615. The second kappa shape index (κ2) is 19.2. The first-order valence-corrected chi connectivity index (χ1v) is 29.0. The summed E-state index contributed by atoms with van der Waals surface area (Å²) in [5.41, 5.74) is 3.30. The Hall–Kier alpha value is -2.59. The number of benzene rings is 1. The number of hydrogen-bond acceptors (Lipinski definition) is 8. The summed E-state index contributed by atoms with van der Waals surface area (Å²) in [6, 6.07) is 13.4. The van der Waals surface area contributed by atoms with Crippen molar-refractivity contribution in [3.63, 3.8) is 0 Å². The number of piperidine rings is 1. The lowest BCUT2D eigenvalue weighted by molar-refractivity contribution is 0.0828. The van der Waals surface area contributed by atoms with Crippen LogP contribution in [0.2, 0.25) is 51.4 Å². The van der Waals surface area contributed by atoms with E-state index in [1.165, 1.54) is 61.4 Å². The molecule has 2 saturated heterocycles. The van der Waals surface area contributed by atoms with Gasteiger partial charge in [-0.15, -0.1) is 11.3 Å². The number of rotatable bonds is 21. The van der Waals surface area contributed by atoms with E-state index in [1.807, 2.05) is 36.1 Å². The summed E-state index contributed by atoms with van der Waals surface area (Å²) in [4.78, 5) is 16.4. The Labute approximate surface area is 337 Å². The van der Waals surface area contributed by atoms with Crippen molar-refractivity contribution in [1.29, 1.82) is 0 Å². The minimum atomic E-state index is -1.15. The van der Waals surface area contributed by atoms with Crippen LogP contribution in [0.3, 0.4) is 0 Å². The lowest BCUT2D eigenvalue weighted by Gasteiger charge is -2.39. The molecule has 0 radical (unpaired) electrons. The third-order valence-corrected chi connectivity index (χ3v) is 16.0. The summed E-state index contributed by atoms with van der Waals surface area (Å²) in [5.74, 6) is 3.13. The Morgan fingerprint density at radius 2 is 1.31 bits per heavy atom. The molecule has 0 amide bonds. The van der Waals surface area contributed by atoms with Gasteiger partial charge >= 0.3 is 0 Å². The molecular formula is C43H68N6O3SSi2. The Bertz CT molecular complexity index is 1670. The molecule has 302 valence electrons. The maximum Gasteiger partial charge on any atom is 0.123 e. The van der Waals surface area contributed by atoms with Crippen LogP contribution >= 0.6 is 11.3 Å². The van der Waals surface area contributed by atoms with E-state index in [9.17, 15) is 0 Å². The molecule has 0 atom stereocenters. The standard InChI is InChI=1S/C43H68N6O3SSi2/c1-36-12-25-53-40(36)31-46-18-13-43(14-19-46)15-20-47(33-43)30-37-8-10-39(11-9-37)52-32-38(28-41-44-16-21-48(41)34-50-23-26-54(2,3)4)29-42-45-17-22-49(42)35-51-24-27-55(5,6)7/h8-12,16-17,21-22,25,38H,13-15,18-20,23-24,26-35H2,1-7H3. The molecule has 1 aromatic carbocycles. The summed E-state index contributed by atoms with van der Waals surface area (Å²) >= 11 is 1.91. The van der Waals surface area contributed by atoms with Gasteiger partial charge in [-0.25, -0.2) is 9.97 Å². The molecular weight excluding hydrogens is 737 g/mol. The first-order valence-electron chi connectivity index (χ1n) is 20.7. The van der Waals surface area contributed by atoms with Gasteiger partial charge in [-0.1, -0.05) is 51.4 Å². The maximum atomic E-state index is 6.54. The zero-order chi connectivity index (χ0) is 38.9. The van der Waals surface area contributed by atoms with Crippen LogP contribution in [0, 0.1) is 18.3 Å². The van der Waals surface area contributed by atoms with Crippen molar-refractivity contribution < 1.29 is 14.2 Å². The zero-order valence-electron chi connectivity index (χ0n) is 34.9. The smallest absolute Gasteiger partial charge is 0.123 e. The van der Waals surface area contributed by atoms with Crippen molar-refractivity contribution in [1.82, 2.24) is 28.9 Å². The average Bonchev–Trinajstić information content (AvgIpc) is 3.95. The van der Waals surface area contributed by atoms with Crippen molar-refractivity contribution in [3.05, 3.63) is 88.2 Å². The van der Waals surface area contributed by atoms with Crippen LogP contribution in [0.4, 0.5) is 0 Å². The number of imidazole rings is 2. The SMILES string of the molecule is Cc1ccsc1CN1CCC2(CC1)CCN(Cc1ccc(OCC(Cc3nccn3COCC[Si](C)(C)C)Cc3nccn3COCC[Si](C)(C)C)cc1)C2. The van der Waals surface area contributed by atoms with Gasteiger partial charge in [0.25, 0.3) is 0 Å². The minimum Gasteiger partial charge on any atom is -0.493 e. The molecule has 5 heterocycles.